The third-order valence-electron chi connectivity index (χ3n) is 3.23. The van der Waals surface area contributed by atoms with E-state index in [0.29, 0.717) is 17.2 Å². The summed E-state index contributed by atoms with van der Waals surface area (Å²) in [5.74, 6) is 0.576. The van der Waals surface area contributed by atoms with Crippen LogP contribution in [0.25, 0.3) is 0 Å². The minimum absolute atomic E-state index is 0.325. The Labute approximate surface area is 94.9 Å². The van der Waals surface area contributed by atoms with Crippen molar-refractivity contribution < 1.29 is 9.90 Å². The van der Waals surface area contributed by atoms with Crippen LogP contribution in [0.5, 0.6) is 0 Å². The zero-order chi connectivity index (χ0) is 11.7. The van der Waals surface area contributed by atoms with Gasteiger partial charge in [-0.3, -0.25) is 4.98 Å². The van der Waals surface area contributed by atoms with Crippen molar-refractivity contribution in [1.82, 2.24) is 4.98 Å². The zero-order valence-corrected chi connectivity index (χ0v) is 9.55. The highest BCUT2D eigenvalue weighted by atomic mass is 16.4. The second kappa shape index (κ2) is 4.12. The number of carboxylic acids is 1. The first kappa shape index (κ1) is 10.9. The summed E-state index contributed by atoms with van der Waals surface area (Å²) >= 11 is 0. The van der Waals surface area contributed by atoms with Crippen LogP contribution in [0.4, 0.5) is 5.69 Å². The van der Waals surface area contributed by atoms with Crippen LogP contribution in [0.1, 0.15) is 23.7 Å². The van der Waals surface area contributed by atoms with Gasteiger partial charge in [0.1, 0.15) is 0 Å². The summed E-state index contributed by atoms with van der Waals surface area (Å²) in [5.41, 5.74) is 1.03. The van der Waals surface area contributed by atoms with Crippen LogP contribution < -0.4 is 4.90 Å². The van der Waals surface area contributed by atoms with Crippen molar-refractivity contribution in [3.8, 4) is 0 Å². The summed E-state index contributed by atoms with van der Waals surface area (Å²) < 4.78 is 0. The van der Waals surface area contributed by atoms with E-state index in [1.165, 1.54) is 12.6 Å². The van der Waals surface area contributed by atoms with E-state index in [-0.39, 0.29) is 0 Å². The first-order valence-corrected chi connectivity index (χ1v) is 5.48. The number of aromatic nitrogens is 1. The van der Waals surface area contributed by atoms with Gasteiger partial charge in [0.2, 0.25) is 0 Å². The number of nitrogens with zero attached hydrogens (tertiary/aromatic N) is 2. The molecule has 1 aliphatic rings. The largest absolute Gasteiger partial charge is 0.478 e. The van der Waals surface area contributed by atoms with Crippen LogP contribution in [0.3, 0.4) is 0 Å². The Morgan fingerprint density at radius 1 is 1.69 bits per heavy atom. The highest BCUT2D eigenvalue weighted by Gasteiger charge is 2.33. The van der Waals surface area contributed by atoms with Crippen LogP contribution >= 0.6 is 0 Å². The molecule has 1 N–H and O–H groups in total. The molecule has 2 atom stereocenters. The van der Waals surface area contributed by atoms with Gasteiger partial charge < -0.3 is 10.0 Å². The van der Waals surface area contributed by atoms with Gasteiger partial charge in [0.15, 0.2) is 0 Å². The standard InChI is InChI=1S/C12H16N2O2/c1-8-5-9(8)7-14(2)11-6-13-4-3-10(11)12(15)16/h3-4,6,8-9H,5,7H2,1-2H3,(H,15,16). The van der Waals surface area contributed by atoms with Crippen LogP contribution in [-0.2, 0) is 0 Å². The molecule has 1 saturated carbocycles. The van der Waals surface area contributed by atoms with Crippen LogP contribution in [0, 0.1) is 11.8 Å². The lowest BCUT2D eigenvalue weighted by atomic mass is 10.2. The topological polar surface area (TPSA) is 53.4 Å². The summed E-state index contributed by atoms with van der Waals surface area (Å²) in [7, 11) is 1.93. The maximum atomic E-state index is 11.0. The average molecular weight is 220 g/mol. The number of carboxylic acid groups (broad SMARTS) is 1. The number of aromatic carboxylic acids is 1. The molecule has 2 unspecified atom stereocenters. The molecule has 1 aromatic heterocycles. The highest BCUT2D eigenvalue weighted by molar-refractivity contribution is 5.94. The summed E-state index contributed by atoms with van der Waals surface area (Å²) in [5, 5.41) is 9.06. The Kier molecular flexibility index (Phi) is 2.81. The van der Waals surface area contributed by atoms with Gasteiger partial charge in [-0.05, 0) is 24.3 Å². The van der Waals surface area contributed by atoms with Crippen LogP contribution in [0.15, 0.2) is 18.5 Å². The Morgan fingerprint density at radius 3 is 2.94 bits per heavy atom. The van der Waals surface area contributed by atoms with Gasteiger partial charge in [0.25, 0.3) is 0 Å². The predicted molar refractivity (Wildman–Crippen MR) is 61.7 cm³/mol. The number of anilines is 1. The normalized spacial score (nSPS) is 22.9. The number of hydrogen-bond donors (Lipinski definition) is 1. The molecule has 0 radical (unpaired) electrons. The Hall–Kier alpha value is -1.58. The minimum Gasteiger partial charge on any atom is -0.478 e. The first-order valence-electron chi connectivity index (χ1n) is 5.48. The van der Waals surface area contributed by atoms with Crippen LogP contribution in [-0.4, -0.2) is 29.7 Å². The molecule has 1 fully saturated rings. The monoisotopic (exact) mass is 220 g/mol. The molecule has 16 heavy (non-hydrogen) atoms. The molecular formula is C12H16N2O2. The fourth-order valence-electron chi connectivity index (χ4n) is 1.97. The van der Waals surface area contributed by atoms with Crippen LogP contribution in [0.2, 0.25) is 0 Å². The number of hydrogen-bond acceptors (Lipinski definition) is 3. The molecule has 4 nitrogen and oxygen atoms in total. The van der Waals surface area contributed by atoms with Crippen molar-refractivity contribution in [3.63, 3.8) is 0 Å². The van der Waals surface area contributed by atoms with Crippen molar-refractivity contribution in [2.75, 3.05) is 18.5 Å². The van der Waals surface area contributed by atoms with E-state index in [1.807, 2.05) is 11.9 Å². The molecule has 0 saturated heterocycles. The molecule has 0 amide bonds. The maximum absolute atomic E-state index is 11.0. The third kappa shape index (κ3) is 2.15. The van der Waals surface area contributed by atoms with E-state index in [0.717, 1.165) is 12.5 Å². The first-order chi connectivity index (χ1) is 7.59. The zero-order valence-electron chi connectivity index (χ0n) is 9.55. The molecule has 0 aromatic carbocycles. The number of rotatable bonds is 4. The van der Waals surface area contributed by atoms with E-state index in [1.54, 1.807) is 12.3 Å². The van der Waals surface area contributed by atoms with Crippen molar-refractivity contribution in [1.29, 1.82) is 0 Å². The van der Waals surface area contributed by atoms with E-state index >= 15 is 0 Å². The molecule has 1 aromatic rings. The quantitative estimate of drug-likeness (QED) is 0.841. The molecule has 1 heterocycles. The van der Waals surface area contributed by atoms with Gasteiger partial charge in [-0.25, -0.2) is 4.79 Å². The van der Waals surface area contributed by atoms with Crippen molar-refractivity contribution in [2.45, 2.75) is 13.3 Å². The molecule has 2 rings (SSSR count). The molecule has 1 aliphatic carbocycles. The second-order valence-electron chi connectivity index (χ2n) is 4.55. The molecular weight excluding hydrogens is 204 g/mol. The Balaban J connectivity index is 2.15. The molecule has 4 heteroatoms. The predicted octanol–water partition coefficient (Wildman–Crippen LogP) is 1.87. The molecule has 0 bridgehead atoms. The fraction of sp³-hybridized carbons (Fsp3) is 0.500. The second-order valence-corrected chi connectivity index (χ2v) is 4.55. The summed E-state index contributed by atoms with van der Waals surface area (Å²) in [6.07, 6.45) is 4.38. The molecule has 86 valence electrons. The third-order valence-corrected chi connectivity index (χ3v) is 3.23. The number of carbonyl (C=O) groups is 1. The lowest BCUT2D eigenvalue weighted by Crippen LogP contribution is -2.23. The van der Waals surface area contributed by atoms with Gasteiger partial charge in [-0.2, -0.15) is 0 Å². The van der Waals surface area contributed by atoms with Crippen molar-refractivity contribution >= 4 is 11.7 Å². The highest BCUT2D eigenvalue weighted by Crippen LogP contribution is 2.38. The van der Waals surface area contributed by atoms with Gasteiger partial charge in [0, 0.05) is 19.8 Å². The van der Waals surface area contributed by atoms with Crippen molar-refractivity contribution in [3.05, 3.63) is 24.0 Å². The molecule has 0 spiro atoms. The summed E-state index contributed by atoms with van der Waals surface area (Å²) in [6.45, 7) is 3.13. The minimum atomic E-state index is -0.895. The Bertz CT molecular complexity index is 406. The van der Waals surface area contributed by atoms with E-state index in [2.05, 4.69) is 11.9 Å². The average Bonchev–Trinajstić information content (AvgIpc) is 2.94. The van der Waals surface area contributed by atoms with Gasteiger partial charge in [0.05, 0.1) is 17.4 Å². The smallest absolute Gasteiger partial charge is 0.337 e. The van der Waals surface area contributed by atoms with E-state index in [4.69, 9.17) is 5.11 Å². The maximum Gasteiger partial charge on any atom is 0.337 e. The van der Waals surface area contributed by atoms with Gasteiger partial charge >= 0.3 is 5.97 Å². The lowest BCUT2D eigenvalue weighted by molar-refractivity contribution is 0.0697. The lowest BCUT2D eigenvalue weighted by Gasteiger charge is -2.20. The molecule has 0 aliphatic heterocycles. The fourth-order valence-corrected chi connectivity index (χ4v) is 1.97. The van der Waals surface area contributed by atoms with Gasteiger partial charge in [-0.1, -0.05) is 6.92 Å². The van der Waals surface area contributed by atoms with Crippen molar-refractivity contribution in [2.24, 2.45) is 11.8 Å². The summed E-state index contributed by atoms with van der Waals surface area (Å²) in [4.78, 5) is 17.0. The van der Waals surface area contributed by atoms with Gasteiger partial charge in [-0.15, -0.1) is 0 Å². The van der Waals surface area contributed by atoms with E-state index < -0.39 is 5.97 Å². The summed E-state index contributed by atoms with van der Waals surface area (Å²) in [6, 6.07) is 1.55. The van der Waals surface area contributed by atoms with E-state index in [9.17, 15) is 4.79 Å². The SMILES string of the molecule is CC1CC1CN(C)c1cnccc1C(=O)O. The number of pyridine rings is 1. The Morgan fingerprint density at radius 2 is 2.38 bits per heavy atom.